The topological polar surface area (TPSA) is 60.2 Å². The van der Waals surface area contributed by atoms with Crippen molar-refractivity contribution in [2.24, 2.45) is 5.73 Å². The van der Waals surface area contributed by atoms with Crippen molar-refractivity contribution in [1.29, 1.82) is 0 Å². The Labute approximate surface area is 103 Å². The second kappa shape index (κ2) is 4.42. The third-order valence-corrected chi connectivity index (χ3v) is 5.84. The third kappa shape index (κ3) is 2.24. The van der Waals surface area contributed by atoms with Crippen LogP contribution in [-0.4, -0.2) is 25.5 Å². The maximum Gasteiger partial charge on any atom is 0.155 e. The van der Waals surface area contributed by atoms with E-state index in [2.05, 4.69) is 19.1 Å². The van der Waals surface area contributed by atoms with Crippen LogP contribution in [-0.2, 0) is 16.3 Å². The SMILES string of the molecule is CCc1ccc([C@@H]2[C@@H](N)[C@H]2S(=O)(=O)CC)cc1. The van der Waals surface area contributed by atoms with Crippen LogP contribution in [0.5, 0.6) is 0 Å². The fraction of sp³-hybridized carbons (Fsp3) is 0.538. The minimum atomic E-state index is -3.01. The first-order valence-electron chi connectivity index (χ1n) is 6.07. The molecule has 1 saturated carbocycles. The predicted octanol–water partition coefficient (Wildman–Crippen LogP) is 1.48. The second-order valence-corrected chi connectivity index (χ2v) is 7.06. The third-order valence-electron chi connectivity index (χ3n) is 3.60. The van der Waals surface area contributed by atoms with Gasteiger partial charge in [-0.1, -0.05) is 38.1 Å². The molecule has 17 heavy (non-hydrogen) atoms. The lowest BCUT2D eigenvalue weighted by atomic mass is 10.1. The zero-order valence-electron chi connectivity index (χ0n) is 10.3. The highest BCUT2D eigenvalue weighted by atomic mass is 32.2. The lowest BCUT2D eigenvalue weighted by Gasteiger charge is -2.02. The van der Waals surface area contributed by atoms with Gasteiger partial charge in [0.25, 0.3) is 0 Å². The van der Waals surface area contributed by atoms with Gasteiger partial charge in [0.05, 0.1) is 5.25 Å². The number of hydrogen-bond acceptors (Lipinski definition) is 3. The molecule has 0 amide bonds. The standard InChI is InChI=1S/C13H19NO2S/c1-3-9-5-7-10(8-6-9)11-12(14)13(11)17(15,16)4-2/h5-8,11-13H,3-4,14H2,1-2H3/t11-,12-,13+/m1/s1. The van der Waals surface area contributed by atoms with Gasteiger partial charge >= 0.3 is 0 Å². The van der Waals surface area contributed by atoms with Gasteiger partial charge in [-0.05, 0) is 17.5 Å². The van der Waals surface area contributed by atoms with Crippen LogP contribution in [0.4, 0.5) is 0 Å². The molecule has 2 rings (SSSR count). The summed E-state index contributed by atoms with van der Waals surface area (Å²) in [6.45, 7) is 3.78. The minimum Gasteiger partial charge on any atom is -0.326 e. The van der Waals surface area contributed by atoms with E-state index < -0.39 is 9.84 Å². The molecule has 4 heteroatoms. The molecule has 3 nitrogen and oxygen atoms in total. The van der Waals surface area contributed by atoms with Gasteiger partial charge in [-0.25, -0.2) is 8.42 Å². The number of benzene rings is 1. The van der Waals surface area contributed by atoms with Crippen molar-refractivity contribution in [3.8, 4) is 0 Å². The summed E-state index contributed by atoms with van der Waals surface area (Å²) in [5, 5.41) is -0.375. The summed E-state index contributed by atoms with van der Waals surface area (Å²) in [4.78, 5) is 0. The number of hydrogen-bond donors (Lipinski definition) is 1. The van der Waals surface area contributed by atoms with Crippen molar-refractivity contribution < 1.29 is 8.42 Å². The molecule has 1 fully saturated rings. The van der Waals surface area contributed by atoms with Crippen LogP contribution < -0.4 is 5.73 Å². The number of sulfone groups is 1. The molecule has 1 aliphatic carbocycles. The Morgan fingerprint density at radius 2 is 1.76 bits per heavy atom. The van der Waals surface area contributed by atoms with Gasteiger partial charge in [0.1, 0.15) is 0 Å². The van der Waals surface area contributed by atoms with Crippen LogP contribution in [0.15, 0.2) is 24.3 Å². The Morgan fingerprint density at radius 3 is 2.24 bits per heavy atom. The number of nitrogens with two attached hydrogens (primary N) is 1. The molecule has 0 radical (unpaired) electrons. The van der Waals surface area contributed by atoms with Gasteiger partial charge in [-0.15, -0.1) is 0 Å². The molecule has 0 bridgehead atoms. The summed E-state index contributed by atoms with van der Waals surface area (Å²) in [5.74, 6) is 0.167. The molecule has 3 atom stereocenters. The molecule has 0 aromatic heterocycles. The number of rotatable bonds is 4. The molecule has 2 N–H and O–H groups in total. The van der Waals surface area contributed by atoms with E-state index in [0.29, 0.717) is 0 Å². The van der Waals surface area contributed by atoms with E-state index in [1.807, 2.05) is 12.1 Å². The van der Waals surface area contributed by atoms with Crippen LogP contribution in [0.2, 0.25) is 0 Å². The van der Waals surface area contributed by atoms with Gasteiger partial charge in [0.2, 0.25) is 0 Å². The van der Waals surface area contributed by atoms with Crippen LogP contribution in [0.25, 0.3) is 0 Å². The van der Waals surface area contributed by atoms with Gasteiger partial charge in [-0.3, -0.25) is 0 Å². The minimum absolute atomic E-state index is 0.00847. The highest BCUT2D eigenvalue weighted by Gasteiger charge is 2.55. The van der Waals surface area contributed by atoms with Crippen molar-refractivity contribution in [2.45, 2.75) is 37.5 Å². The Balaban J connectivity index is 2.20. The summed E-state index contributed by atoms with van der Waals surface area (Å²) in [7, 11) is -3.01. The monoisotopic (exact) mass is 253 g/mol. The molecule has 94 valence electrons. The van der Waals surface area contributed by atoms with Crippen molar-refractivity contribution in [3.63, 3.8) is 0 Å². The molecule has 0 aliphatic heterocycles. The van der Waals surface area contributed by atoms with E-state index >= 15 is 0 Å². The van der Waals surface area contributed by atoms with Crippen LogP contribution in [0, 0.1) is 0 Å². The molecule has 0 heterocycles. The average molecular weight is 253 g/mol. The Hall–Kier alpha value is -0.870. The van der Waals surface area contributed by atoms with Crippen LogP contribution >= 0.6 is 0 Å². The Morgan fingerprint density at radius 1 is 1.18 bits per heavy atom. The van der Waals surface area contributed by atoms with Gasteiger partial charge in [-0.2, -0.15) is 0 Å². The zero-order valence-corrected chi connectivity index (χ0v) is 11.1. The first-order valence-corrected chi connectivity index (χ1v) is 7.78. The Bertz CT molecular complexity index is 493. The van der Waals surface area contributed by atoms with Crippen molar-refractivity contribution in [3.05, 3.63) is 35.4 Å². The summed E-state index contributed by atoms with van der Waals surface area (Å²) in [5.41, 5.74) is 8.21. The molecule has 1 aliphatic rings. The smallest absolute Gasteiger partial charge is 0.155 e. The van der Waals surface area contributed by atoms with Crippen molar-refractivity contribution in [2.75, 3.05) is 5.75 Å². The first kappa shape index (κ1) is 12.6. The summed E-state index contributed by atoms with van der Waals surface area (Å²) in [6, 6.07) is 7.89. The first-order chi connectivity index (χ1) is 8.01. The van der Waals surface area contributed by atoms with E-state index in [-0.39, 0.29) is 23.0 Å². The van der Waals surface area contributed by atoms with E-state index in [1.54, 1.807) is 6.92 Å². The van der Waals surface area contributed by atoms with Gasteiger partial charge in [0, 0.05) is 17.7 Å². The van der Waals surface area contributed by atoms with Crippen molar-refractivity contribution >= 4 is 9.84 Å². The molecule has 1 aromatic carbocycles. The number of aryl methyl sites for hydroxylation is 1. The maximum absolute atomic E-state index is 11.8. The normalized spacial score (nSPS) is 28.1. The molecule has 0 saturated heterocycles. The maximum atomic E-state index is 11.8. The lowest BCUT2D eigenvalue weighted by Crippen LogP contribution is -2.17. The average Bonchev–Trinajstić information content (AvgIpc) is 3.02. The molecule has 1 aromatic rings. The molecular formula is C13H19NO2S. The zero-order chi connectivity index (χ0) is 12.6. The van der Waals surface area contributed by atoms with Crippen LogP contribution in [0.1, 0.15) is 30.9 Å². The lowest BCUT2D eigenvalue weighted by molar-refractivity contribution is 0.594. The largest absolute Gasteiger partial charge is 0.326 e. The van der Waals surface area contributed by atoms with E-state index in [0.717, 1.165) is 12.0 Å². The van der Waals surface area contributed by atoms with Gasteiger partial charge < -0.3 is 5.73 Å². The fourth-order valence-electron chi connectivity index (χ4n) is 2.35. The predicted molar refractivity (Wildman–Crippen MR) is 69.8 cm³/mol. The Kier molecular flexibility index (Phi) is 3.27. The van der Waals surface area contributed by atoms with Gasteiger partial charge in [0.15, 0.2) is 9.84 Å². The van der Waals surface area contributed by atoms with E-state index in [9.17, 15) is 8.42 Å². The fourth-order valence-corrected chi connectivity index (χ4v) is 4.08. The molecule has 0 spiro atoms. The van der Waals surface area contributed by atoms with Crippen LogP contribution in [0.3, 0.4) is 0 Å². The molecular weight excluding hydrogens is 234 g/mol. The van der Waals surface area contributed by atoms with Crippen molar-refractivity contribution in [1.82, 2.24) is 0 Å². The highest BCUT2D eigenvalue weighted by molar-refractivity contribution is 7.92. The summed E-state index contributed by atoms with van der Waals surface area (Å²) >= 11 is 0. The summed E-state index contributed by atoms with van der Waals surface area (Å²) in [6.07, 6.45) is 0.994. The quantitative estimate of drug-likeness (QED) is 0.884. The summed E-state index contributed by atoms with van der Waals surface area (Å²) < 4.78 is 23.6. The van der Waals surface area contributed by atoms with E-state index in [4.69, 9.17) is 5.73 Å². The molecule has 0 unspecified atom stereocenters. The van der Waals surface area contributed by atoms with E-state index in [1.165, 1.54) is 5.56 Å². The highest BCUT2D eigenvalue weighted by Crippen LogP contribution is 2.45. The second-order valence-electron chi connectivity index (χ2n) is 4.61.